The lowest BCUT2D eigenvalue weighted by Gasteiger charge is -2.13. The highest BCUT2D eigenvalue weighted by atomic mass is 35.5. The average Bonchev–Trinajstić information content (AvgIpc) is 2.35. The van der Waals surface area contributed by atoms with E-state index in [1.807, 2.05) is 44.2 Å². The fraction of sp³-hybridized carbons (Fsp3) is 0.188. The van der Waals surface area contributed by atoms with Crippen molar-refractivity contribution in [2.45, 2.75) is 20.8 Å². The van der Waals surface area contributed by atoms with Gasteiger partial charge in [0.05, 0.1) is 10.7 Å². The summed E-state index contributed by atoms with van der Waals surface area (Å²) in [6.07, 6.45) is 0. The minimum atomic E-state index is -0.0804. The summed E-state index contributed by atoms with van der Waals surface area (Å²) in [5.74, 6) is -0.0804. The molecule has 0 saturated carbocycles. The molecule has 104 valence electrons. The minimum absolute atomic E-state index is 0.0804. The topological polar surface area (TPSA) is 41.1 Å². The Morgan fingerprint density at radius 2 is 1.65 bits per heavy atom. The fourth-order valence-corrected chi connectivity index (χ4v) is 2.43. The highest BCUT2D eigenvalue weighted by Gasteiger charge is 2.06. The molecule has 0 spiro atoms. The molecule has 0 fully saturated rings. The molecule has 0 heterocycles. The van der Waals surface area contributed by atoms with E-state index in [9.17, 15) is 4.79 Å². The molecule has 0 atom stereocenters. The van der Waals surface area contributed by atoms with Crippen molar-refractivity contribution < 1.29 is 4.79 Å². The van der Waals surface area contributed by atoms with Crippen LogP contribution in [0.15, 0.2) is 36.4 Å². The number of aryl methyl sites for hydroxylation is 2. The Bertz CT molecular complexity index is 612. The molecule has 0 radical (unpaired) electrons. The van der Waals surface area contributed by atoms with Crippen LogP contribution < -0.4 is 10.6 Å². The molecule has 2 aromatic carbocycles. The maximum atomic E-state index is 11.0. The van der Waals surface area contributed by atoms with E-state index in [2.05, 4.69) is 16.7 Å². The number of nitrogens with one attached hydrogen (secondary N) is 2. The average molecular weight is 289 g/mol. The Kier molecular flexibility index (Phi) is 4.30. The van der Waals surface area contributed by atoms with Crippen molar-refractivity contribution in [2.75, 3.05) is 10.6 Å². The van der Waals surface area contributed by atoms with E-state index in [-0.39, 0.29) is 5.91 Å². The summed E-state index contributed by atoms with van der Waals surface area (Å²) >= 11 is 6.27. The molecule has 1 amide bonds. The van der Waals surface area contributed by atoms with Gasteiger partial charge in [0, 0.05) is 18.3 Å². The molecule has 2 aromatic rings. The molecule has 0 aliphatic heterocycles. The van der Waals surface area contributed by atoms with Gasteiger partial charge in [-0.15, -0.1) is 0 Å². The summed E-state index contributed by atoms with van der Waals surface area (Å²) in [6, 6.07) is 11.5. The number of benzene rings is 2. The first kappa shape index (κ1) is 14.4. The first-order valence-electron chi connectivity index (χ1n) is 6.37. The zero-order valence-corrected chi connectivity index (χ0v) is 12.5. The molecule has 0 aliphatic carbocycles. The van der Waals surface area contributed by atoms with Gasteiger partial charge in [-0.1, -0.05) is 17.7 Å². The zero-order chi connectivity index (χ0) is 14.7. The lowest BCUT2D eigenvalue weighted by Crippen LogP contribution is -2.05. The van der Waals surface area contributed by atoms with Crippen LogP contribution in [-0.4, -0.2) is 5.91 Å². The number of carbonyl (C=O) groups is 1. The van der Waals surface area contributed by atoms with Crippen molar-refractivity contribution in [1.82, 2.24) is 0 Å². The van der Waals surface area contributed by atoms with Crippen LogP contribution in [0, 0.1) is 13.8 Å². The van der Waals surface area contributed by atoms with Gasteiger partial charge in [-0.25, -0.2) is 0 Å². The summed E-state index contributed by atoms with van der Waals surface area (Å²) in [7, 11) is 0. The van der Waals surface area contributed by atoms with Crippen LogP contribution in [0.2, 0.25) is 5.02 Å². The smallest absolute Gasteiger partial charge is 0.221 e. The van der Waals surface area contributed by atoms with Gasteiger partial charge < -0.3 is 10.6 Å². The molecular formula is C16H17ClN2O. The molecule has 2 rings (SSSR count). The molecule has 3 nitrogen and oxygen atoms in total. The molecule has 0 aromatic heterocycles. The van der Waals surface area contributed by atoms with Crippen molar-refractivity contribution in [3.05, 3.63) is 52.5 Å². The van der Waals surface area contributed by atoms with Gasteiger partial charge in [-0.05, 0) is 55.3 Å². The molecule has 2 N–H and O–H groups in total. The van der Waals surface area contributed by atoms with Crippen LogP contribution in [0.3, 0.4) is 0 Å². The number of halogens is 1. The predicted octanol–water partition coefficient (Wildman–Crippen LogP) is 4.66. The lowest BCUT2D eigenvalue weighted by molar-refractivity contribution is -0.114. The van der Waals surface area contributed by atoms with Crippen LogP contribution in [0.25, 0.3) is 0 Å². The standard InChI is InChI=1S/C16H17ClN2O/c1-10-8-11(2)16(15(17)9-10)19-14-6-4-13(5-7-14)18-12(3)20/h4-9,19H,1-3H3,(H,18,20). The van der Waals surface area contributed by atoms with Crippen LogP contribution in [-0.2, 0) is 4.79 Å². The predicted molar refractivity (Wildman–Crippen MR) is 85.0 cm³/mol. The third-order valence-corrected chi connectivity index (χ3v) is 3.20. The maximum Gasteiger partial charge on any atom is 0.221 e. The third kappa shape index (κ3) is 3.52. The van der Waals surface area contributed by atoms with E-state index >= 15 is 0 Å². The van der Waals surface area contributed by atoms with E-state index in [0.29, 0.717) is 5.02 Å². The van der Waals surface area contributed by atoms with Gasteiger partial charge in [0.2, 0.25) is 5.91 Å². The van der Waals surface area contributed by atoms with Crippen LogP contribution in [0.4, 0.5) is 17.1 Å². The summed E-state index contributed by atoms with van der Waals surface area (Å²) < 4.78 is 0. The second-order valence-electron chi connectivity index (χ2n) is 4.82. The Morgan fingerprint density at radius 1 is 1.05 bits per heavy atom. The number of anilines is 3. The van der Waals surface area contributed by atoms with E-state index in [1.165, 1.54) is 6.92 Å². The van der Waals surface area contributed by atoms with Crippen molar-refractivity contribution in [3.8, 4) is 0 Å². The molecule has 4 heteroatoms. The van der Waals surface area contributed by atoms with E-state index < -0.39 is 0 Å². The second kappa shape index (κ2) is 5.97. The summed E-state index contributed by atoms with van der Waals surface area (Å²) in [5.41, 5.74) is 4.84. The zero-order valence-electron chi connectivity index (χ0n) is 11.8. The van der Waals surface area contributed by atoms with E-state index in [1.54, 1.807) is 0 Å². The lowest BCUT2D eigenvalue weighted by atomic mass is 10.1. The highest BCUT2D eigenvalue weighted by molar-refractivity contribution is 6.33. The van der Waals surface area contributed by atoms with Crippen molar-refractivity contribution in [1.29, 1.82) is 0 Å². The number of carbonyl (C=O) groups excluding carboxylic acids is 1. The Labute approximate surface area is 124 Å². The Hall–Kier alpha value is -2.00. The number of hydrogen-bond acceptors (Lipinski definition) is 2. The van der Waals surface area contributed by atoms with Gasteiger partial charge in [-0.2, -0.15) is 0 Å². The summed E-state index contributed by atoms with van der Waals surface area (Å²) in [5, 5.41) is 6.74. The quantitative estimate of drug-likeness (QED) is 0.862. The van der Waals surface area contributed by atoms with Gasteiger partial charge in [0.15, 0.2) is 0 Å². The number of rotatable bonds is 3. The van der Waals surface area contributed by atoms with Crippen LogP contribution >= 0.6 is 11.6 Å². The van der Waals surface area contributed by atoms with Crippen LogP contribution in [0.1, 0.15) is 18.1 Å². The van der Waals surface area contributed by atoms with Crippen LogP contribution in [0.5, 0.6) is 0 Å². The second-order valence-corrected chi connectivity index (χ2v) is 5.23. The van der Waals surface area contributed by atoms with Gasteiger partial charge in [-0.3, -0.25) is 4.79 Å². The van der Waals surface area contributed by atoms with Gasteiger partial charge >= 0.3 is 0 Å². The Morgan fingerprint density at radius 3 is 2.20 bits per heavy atom. The largest absolute Gasteiger partial charge is 0.354 e. The molecular weight excluding hydrogens is 272 g/mol. The molecule has 0 unspecified atom stereocenters. The first-order valence-corrected chi connectivity index (χ1v) is 6.75. The van der Waals surface area contributed by atoms with E-state index in [0.717, 1.165) is 28.2 Å². The SMILES string of the molecule is CC(=O)Nc1ccc(Nc2c(C)cc(C)cc2Cl)cc1. The summed E-state index contributed by atoms with van der Waals surface area (Å²) in [6.45, 7) is 5.53. The third-order valence-electron chi connectivity index (χ3n) is 2.91. The molecule has 0 bridgehead atoms. The fourth-order valence-electron chi connectivity index (χ4n) is 2.06. The van der Waals surface area contributed by atoms with Crippen molar-refractivity contribution >= 4 is 34.6 Å². The molecule has 20 heavy (non-hydrogen) atoms. The molecule has 0 aliphatic rings. The number of amides is 1. The Balaban J connectivity index is 2.20. The molecule has 0 saturated heterocycles. The van der Waals surface area contributed by atoms with Crippen molar-refractivity contribution in [2.24, 2.45) is 0 Å². The van der Waals surface area contributed by atoms with Crippen molar-refractivity contribution in [3.63, 3.8) is 0 Å². The number of hydrogen-bond donors (Lipinski definition) is 2. The highest BCUT2D eigenvalue weighted by Crippen LogP contribution is 2.30. The normalized spacial score (nSPS) is 10.2. The van der Waals surface area contributed by atoms with Gasteiger partial charge in [0.25, 0.3) is 0 Å². The van der Waals surface area contributed by atoms with E-state index in [4.69, 9.17) is 11.6 Å². The monoisotopic (exact) mass is 288 g/mol. The maximum absolute atomic E-state index is 11.0. The minimum Gasteiger partial charge on any atom is -0.354 e. The first-order chi connectivity index (χ1) is 9.45. The summed E-state index contributed by atoms with van der Waals surface area (Å²) in [4.78, 5) is 11.0. The van der Waals surface area contributed by atoms with Gasteiger partial charge in [0.1, 0.15) is 0 Å².